The molecule has 0 bridgehead atoms. The molecule has 2 aromatic carbocycles. The minimum absolute atomic E-state index is 0.0934. The Morgan fingerprint density at radius 1 is 1.24 bits per heavy atom. The lowest BCUT2D eigenvalue weighted by atomic mass is 10.1. The van der Waals surface area contributed by atoms with Gasteiger partial charge in [-0.15, -0.1) is 11.8 Å². The Kier molecular flexibility index (Phi) is 5.65. The molecule has 0 radical (unpaired) electrons. The average Bonchev–Trinajstić information content (AvgIpc) is 2.48. The first kappa shape index (κ1) is 15.9. The van der Waals surface area contributed by atoms with Gasteiger partial charge in [0.2, 0.25) is 0 Å². The van der Waals surface area contributed by atoms with Gasteiger partial charge in [-0.2, -0.15) is 0 Å². The molecular weight excluding hydrogens is 285 g/mol. The molecular formula is C17H20FNOS. The van der Waals surface area contributed by atoms with Crippen LogP contribution in [0.5, 0.6) is 5.75 Å². The lowest BCUT2D eigenvalue weighted by Crippen LogP contribution is -2.18. The van der Waals surface area contributed by atoms with E-state index in [1.54, 1.807) is 17.8 Å². The second-order valence-electron chi connectivity index (χ2n) is 4.86. The van der Waals surface area contributed by atoms with E-state index >= 15 is 0 Å². The van der Waals surface area contributed by atoms with Crippen LogP contribution in [0.4, 0.5) is 4.39 Å². The molecule has 0 spiro atoms. The Morgan fingerprint density at radius 3 is 2.67 bits per heavy atom. The molecule has 0 aromatic heterocycles. The number of halogens is 1. The molecule has 1 N–H and O–H groups in total. The largest absolute Gasteiger partial charge is 0.494 e. The summed E-state index contributed by atoms with van der Waals surface area (Å²) in [4.78, 5) is 1.23. The third-order valence-electron chi connectivity index (χ3n) is 3.33. The number of hydrogen-bond acceptors (Lipinski definition) is 3. The summed E-state index contributed by atoms with van der Waals surface area (Å²) in [6.45, 7) is 2.08. The maximum atomic E-state index is 13.8. The van der Waals surface area contributed by atoms with Gasteiger partial charge in [0.05, 0.1) is 7.11 Å². The Morgan fingerprint density at radius 2 is 2.05 bits per heavy atom. The lowest BCUT2D eigenvalue weighted by Gasteiger charge is -2.17. The predicted octanol–water partition coefficient (Wildman–Crippen LogP) is 4.20. The number of hydrogen-bond donors (Lipinski definition) is 1. The van der Waals surface area contributed by atoms with Crippen LogP contribution in [-0.4, -0.2) is 19.9 Å². The van der Waals surface area contributed by atoms with E-state index in [2.05, 4.69) is 36.5 Å². The molecule has 0 aliphatic rings. The molecule has 2 aromatic rings. The molecule has 0 saturated carbocycles. The van der Waals surface area contributed by atoms with Gasteiger partial charge in [0.1, 0.15) is 0 Å². The summed E-state index contributed by atoms with van der Waals surface area (Å²) in [5, 5.41) is 3.24. The van der Waals surface area contributed by atoms with Gasteiger partial charge in [-0.05, 0) is 43.8 Å². The standard InChI is InChI=1S/C17H20FNOS/c1-12-5-4-6-14(9-12)21-11-16(19-2)13-7-8-17(20-3)15(18)10-13/h4-10,16,19H,11H2,1-3H3. The summed E-state index contributed by atoms with van der Waals surface area (Å²) >= 11 is 1.76. The second-order valence-corrected chi connectivity index (χ2v) is 5.96. The van der Waals surface area contributed by atoms with Crippen molar-refractivity contribution in [3.05, 3.63) is 59.4 Å². The molecule has 1 atom stereocenters. The van der Waals surface area contributed by atoms with Crippen LogP contribution in [0.3, 0.4) is 0 Å². The Balaban J connectivity index is 2.07. The van der Waals surface area contributed by atoms with Gasteiger partial charge in [-0.3, -0.25) is 0 Å². The number of nitrogens with one attached hydrogen (secondary N) is 1. The fourth-order valence-corrected chi connectivity index (χ4v) is 3.29. The van der Waals surface area contributed by atoms with E-state index in [1.807, 2.05) is 13.1 Å². The molecule has 21 heavy (non-hydrogen) atoms. The van der Waals surface area contributed by atoms with E-state index < -0.39 is 0 Å². The number of aryl methyl sites for hydroxylation is 1. The van der Waals surface area contributed by atoms with Gasteiger partial charge in [-0.25, -0.2) is 4.39 Å². The third-order valence-corrected chi connectivity index (χ3v) is 4.42. The van der Waals surface area contributed by atoms with Crippen molar-refractivity contribution < 1.29 is 9.13 Å². The molecule has 1 unspecified atom stereocenters. The highest BCUT2D eigenvalue weighted by Gasteiger charge is 2.13. The van der Waals surface area contributed by atoms with Gasteiger partial charge < -0.3 is 10.1 Å². The molecule has 0 saturated heterocycles. The van der Waals surface area contributed by atoms with Crippen LogP contribution >= 0.6 is 11.8 Å². The van der Waals surface area contributed by atoms with Crippen LogP contribution in [0, 0.1) is 12.7 Å². The first-order valence-electron chi connectivity index (χ1n) is 6.84. The quantitative estimate of drug-likeness (QED) is 0.808. The zero-order valence-corrected chi connectivity index (χ0v) is 13.3. The van der Waals surface area contributed by atoms with Crippen LogP contribution in [-0.2, 0) is 0 Å². The molecule has 0 aliphatic carbocycles. The Labute approximate surface area is 129 Å². The van der Waals surface area contributed by atoms with E-state index in [9.17, 15) is 4.39 Å². The number of ether oxygens (including phenoxy) is 1. The molecule has 0 heterocycles. The van der Waals surface area contributed by atoms with Crippen molar-refractivity contribution in [3.63, 3.8) is 0 Å². The summed E-state index contributed by atoms with van der Waals surface area (Å²) in [7, 11) is 3.37. The summed E-state index contributed by atoms with van der Waals surface area (Å²) in [5.41, 5.74) is 2.17. The maximum absolute atomic E-state index is 13.8. The van der Waals surface area contributed by atoms with Gasteiger partial charge in [0, 0.05) is 16.7 Å². The van der Waals surface area contributed by atoms with E-state index in [-0.39, 0.29) is 17.6 Å². The fraction of sp³-hybridized carbons (Fsp3) is 0.294. The Hall–Kier alpha value is -1.52. The van der Waals surface area contributed by atoms with Crippen LogP contribution < -0.4 is 10.1 Å². The Bertz CT molecular complexity index is 603. The van der Waals surface area contributed by atoms with E-state index in [1.165, 1.54) is 23.6 Å². The van der Waals surface area contributed by atoms with Gasteiger partial charge >= 0.3 is 0 Å². The monoisotopic (exact) mass is 305 g/mol. The van der Waals surface area contributed by atoms with E-state index in [0.29, 0.717) is 0 Å². The minimum Gasteiger partial charge on any atom is -0.494 e. The number of benzene rings is 2. The molecule has 2 nitrogen and oxygen atoms in total. The number of rotatable bonds is 6. The first-order valence-corrected chi connectivity index (χ1v) is 7.82. The predicted molar refractivity (Wildman–Crippen MR) is 86.7 cm³/mol. The second kappa shape index (κ2) is 7.48. The van der Waals surface area contributed by atoms with Crippen molar-refractivity contribution in [1.82, 2.24) is 5.32 Å². The third kappa shape index (κ3) is 4.22. The number of thioether (sulfide) groups is 1. The van der Waals surface area contributed by atoms with Gasteiger partial charge in [0.15, 0.2) is 11.6 Å². The topological polar surface area (TPSA) is 21.3 Å². The van der Waals surface area contributed by atoms with Crippen LogP contribution in [0.25, 0.3) is 0 Å². The van der Waals surface area contributed by atoms with E-state index in [4.69, 9.17) is 4.74 Å². The highest BCUT2D eigenvalue weighted by Crippen LogP contribution is 2.27. The zero-order valence-electron chi connectivity index (χ0n) is 12.5. The van der Waals surface area contributed by atoms with Crippen molar-refractivity contribution in [2.45, 2.75) is 17.9 Å². The normalized spacial score (nSPS) is 12.2. The van der Waals surface area contributed by atoms with E-state index in [0.717, 1.165) is 11.3 Å². The lowest BCUT2D eigenvalue weighted by molar-refractivity contribution is 0.385. The van der Waals surface area contributed by atoms with Gasteiger partial charge in [-0.1, -0.05) is 23.8 Å². The average molecular weight is 305 g/mol. The SMILES string of the molecule is CNC(CSc1cccc(C)c1)c1ccc(OC)c(F)c1. The van der Waals surface area contributed by atoms with Crippen LogP contribution in [0.15, 0.2) is 47.4 Å². The van der Waals surface area contributed by atoms with Gasteiger partial charge in [0.25, 0.3) is 0 Å². The van der Waals surface area contributed by atoms with Crippen LogP contribution in [0.1, 0.15) is 17.2 Å². The smallest absolute Gasteiger partial charge is 0.165 e. The molecule has 0 aliphatic heterocycles. The maximum Gasteiger partial charge on any atom is 0.165 e. The zero-order chi connectivity index (χ0) is 15.2. The summed E-state index contributed by atoms with van der Waals surface area (Å²) in [6.07, 6.45) is 0. The molecule has 0 amide bonds. The molecule has 0 fully saturated rings. The fourth-order valence-electron chi connectivity index (χ4n) is 2.13. The van der Waals surface area contributed by atoms with Crippen molar-refractivity contribution >= 4 is 11.8 Å². The number of methoxy groups -OCH3 is 1. The van der Waals surface area contributed by atoms with Crippen molar-refractivity contribution in [2.24, 2.45) is 0 Å². The van der Waals surface area contributed by atoms with Crippen molar-refractivity contribution in [3.8, 4) is 5.75 Å². The molecule has 2 rings (SSSR count). The highest BCUT2D eigenvalue weighted by molar-refractivity contribution is 7.99. The summed E-state index contributed by atoms with van der Waals surface area (Å²) < 4.78 is 18.8. The summed E-state index contributed by atoms with van der Waals surface area (Å²) in [6, 6.07) is 13.6. The minimum atomic E-state index is -0.323. The van der Waals surface area contributed by atoms with Crippen molar-refractivity contribution in [1.29, 1.82) is 0 Å². The van der Waals surface area contributed by atoms with Crippen molar-refractivity contribution in [2.75, 3.05) is 19.9 Å². The molecule has 4 heteroatoms. The summed E-state index contributed by atoms with van der Waals surface area (Å²) in [5.74, 6) is 0.793. The molecule has 112 valence electrons. The van der Waals surface area contributed by atoms with Crippen LogP contribution in [0.2, 0.25) is 0 Å². The highest BCUT2D eigenvalue weighted by atomic mass is 32.2. The first-order chi connectivity index (χ1) is 10.1.